The summed E-state index contributed by atoms with van der Waals surface area (Å²) >= 11 is 5.78. The Bertz CT molecular complexity index is 989. The quantitative estimate of drug-likeness (QED) is 0.501. The van der Waals surface area contributed by atoms with Gasteiger partial charge in [-0.3, -0.25) is 4.79 Å². The Kier molecular flexibility index (Phi) is 5.47. The van der Waals surface area contributed by atoms with E-state index in [0.717, 1.165) is 12.1 Å². The van der Waals surface area contributed by atoms with Gasteiger partial charge in [0.1, 0.15) is 17.4 Å². The summed E-state index contributed by atoms with van der Waals surface area (Å²) in [5.41, 5.74) is 0.529. The molecule has 0 fully saturated rings. The Balaban J connectivity index is 1.65. The maximum atomic E-state index is 13.6. The van der Waals surface area contributed by atoms with E-state index < -0.39 is 17.6 Å². The highest BCUT2D eigenvalue weighted by atomic mass is 35.5. The van der Waals surface area contributed by atoms with E-state index in [1.54, 1.807) is 24.3 Å². The van der Waals surface area contributed by atoms with Crippen LogP contribution in [0.25, 0.3) is 0 Å². The van der Waals surface area contributed by atoms with Crippen molar-refractivity contribution in [3.8, 4) is 5.75 Å². The van der Waals surface area contributed by atoms with Crippen molar-refractivity contribution >= 4 is 29.2 Å². The number of amides is 1. The molecule has 0 spiro atoms. The van der Waals surface area contributed by atoms with Crippen molar-refractivity contribution in [1.82, 2.24) is 0 Å². The van der Waals surface area contributed by atoms with E-state index in [-0.39, 0.29) is 17.2 Å². The number of halogens is 3. The summed E-state index contributed by atoms with van der Waals surface area (Å²) < 4.78 is 31.5. The topological polar surface area (TPSA) is 55.4 Å². The standard InChI is InChI=1S/C20H12ClF2NO3/c21-13-3-1-12(2-4-13)19(25)24-15-6-8-16(9-7-15)27-20(26)17-10-5-14(22)11-18(17)23/h1-11H,(H,24,25). The van der Waals surface area contributed by atoms with E-state index >= 15 is 0 Å². The van der Waals surface area contributed by atoms with Crippen molar-refractivity contribution in [1.29, 1.82) is 0 Å². The van der Waals surface area contributed by atoms with Gasteiger partial charge < -0.3 is 10.1 Å². The summed E-state index contributed by atoms with van der Waals surface area (Å²) in [5, 5.41) is 3.20. The lowest BCUT2D eigenvalue weighted by Gasteiger charge is -2.08. The second-order valence-electron chi connectivity index (χ2n) is 5.50. The molecule has 27 heavy (non-hydrogen) atoms. The maximum Gasteiger partial charge on any atom is 0.346 e. The Labute approximate surface area is 158 Å². The summed E-state index contributed by atoms with van der Waals surface area (Å²) in [6.07, 6.45) is 0. The Morgan fingerprint density at radius 2 is 1.56 bits per heavy atom. The zero-order valence-electron chi connectivity index (χ0n) is 13.7. The highest BCUT2D eigenvalue weighted by molar-refractivity contribution is 6.30. The van der Waals surface area contributed by atoms with Gasteiger partial charge in [0.15, 0.2) is 0 Å². The number of carbonyl (C=O) groups excluding carboxylic acids is 2. The first kappa shape index (κ1) is 18.5. The molecule has 0 aromatic heterocycles. The minimum atomic E-state index is -1.01. The fraction of sp³-hybridized carbons (Fsp3) is 0. The lowest BCUT2D eigenvalue weighted by molar-refractivity contribution is 0.0729. The number of ether oxygens (including phenoxy) is 1. The van der Waals surface area contributed by atoms with E-state index in [9.17, 15) is 18.4 Å². The highest BCUT2D eigenvalue weighted by Crippen LogP contribution is 2.19. The van der Waals surface area contributed by atoms with Gasteiger partial charge in [0.25, 0.3) is 5.91 Å². The van der Waals surface area contributed by atoms with Crippen LogP contribution in [0.4, 0.5) is 14.5 Å². The smallest absolute Gasteiger partial charge is 0.346 e. The zero-order valence-corrected chi connectivity index (χ0v) is 14.5. The van der Waals surface area contributed by atoms with Crippen molar-refractivity contribution in [2.45, 2.75) is 0 Å². The van der Waals surface area contributed by atoms with E-state index in [0.29, 0.717) is 22.3 Å². The predicted molar refractivity (Wildman–Crippen MR) is 97.2 cm³/mol. The van der Waals surface area contributed by atoms with Gasteiger partial charge in [-0.05, 0) is 60.7 Å². The third-order valence-corrected chi connectivity index (χ3v) is 3.83. The molecule has 1 N–H and O–H groups in total. The van der Waals surface area contributed by atoms with Crippen molar-refractivity contribution < 1.29 is 23.1 Å². The fourth-order valence-corrected chi connectivity index (χ4v) is 2.35. The molecule has 3 rings (SSSR count). The average Bonchev–Trinajstić information content (AvgIpc) is 2.63. The first-order valence-electron chi connectivity index (χ1n) is 7.76. The number of hydrogen-bond donors (Lipinski definition) is 1. The second kappa shape index (κ2) is 7.97. The summed E-state index contributed by atoms with van der Waals surface area (Å²) in [4.78, 5) is 24.1. The molecule has 0 aliphatic rings. The van der Waals surface area contributed by atoms with Gasteiger partial charge in [0, 0.05) is 22.3 Å². The van der Waals surface area contributed by atoms with Crippen LogP contribution in [0.3, 0.4) is 0 Å². The molecule has 7 heteroatoms. The molecular formula is C20H12ClF2NO3. The molecule has 0 bridgehead atoms. The number of esters is 1. The Hall–Kier alpha value is -3.25. The largest absolute Gasteiger partial charge is 0.423 e. The normalized spacial score (nSPS) is 10.3. The number of carbonyl (C=O) groups is 2. The van der Waals surface area contributed by atoms with Gasteiger partial charge >= 0.3 is 5.97 Å². The first-order chi connectivity index (χ1) is 12.9. The molecule has 3 aromatic carbocycles. The van der Waals surface area contributed by atoms with Crippen LogP contribution in [0.2, 0.25) is 5.02 Å². The molecule has 0 atom stereocenters. The van der Waals surface area contributed by atoms with Crippen molar-refractivity contribution in [3.63, 3.8) is 0 Å². The van der Waals surface area contributed by atoms with Gasteiger partial charge in [-0.15, -0.1) is 0 Å². The van der Waals surface area contributed by atoms with Crippen LogP contribution in [0, 0.1) is 11.6 Å². The number of hydrogen-bond acceptors (Lipinski definition) is 3. The van der Waals surface area contributed by atoms with Crippen LogP contribution in [-0.4, -0.2) is 11.9 Å². The van der Waals surface area contributed by atoms with E-state index in [1.807, 2.05) is 0 Å². The Morgan fingerprint density at radius 1 is 0.889 bits per heavy atom. The molecular weight excluding hydrogens is 376 g/mol. The average molecular weight is 388 g/mol. The van der Waals surface area contributed by atoms with Crippen molar-refractivity contribution in [3.05, 3.63) is 94.5 Å². The van der Waals surface area contributed by atoms with E-state index in [2.05, 4.69) is 5.32 Å². The molecule has 0 aliphatic heterocycles. The van der Waals surface area contributed by atoms with Gasteiger partial charge in [-0.1, -0.05) is 11.6 Å². The number of rotatable bonds is 4. The molecule has 1 amide bonds. The molecule has 0 unspecified atom stereocenters. The van der Waals surface area contributed by atoms with E-state index in [4.69, 9.17) is 16.3 Å². The summed E-state index contributed by atoms with van der Waals surface area (Å²) in [6.45, 7) is 0. The zero-order chi connectivity index (χ0) is 19.4. The molecule has 0 saturated heterocycles. The van der Waals surface area contributed by atoms with Gasteiger partial charge in [0.2, 0.25) is 0 Å². The molecule has 0 heterocycles. The molecule has 0 aliphatic carbocycles. The predicted octanol–water partition coefficient (Wildman–Crippen LogP) is 5.09. The minimum Gasteiger partial charge on any atom is -0.423 e. The number of nitrogens with one attached hydrogen (secondary N) is 1. The molecule has 0 saturated carbocycles. The van der Waals surface area contributed by atoms with Crippen molar-refractivity contribution in [2.75, 3.05) is 5.32 Å². The van der Waals surface area contributed by atoms with Crippen LogP contribution in [0.15, 0.2) is 66.7 Å². The maximum absolute atomic E-state index is 13.6. The number of benzene rings is 3. The fourth-order valence-electron chi connectivity index (χ4n) is 2.23. The molecule has 3 aromatic rings. The summed E-state index contributed by atoms with van der Waals surface area (Å²) in [6, 6.07) is 14.9. The molecule has 136 valence electrons. The van der Waals surface area contributed by atoms with Crippen LogP contribution >= 0.6 is 11.6 Å². The van der Waals surface area contributed by atoms with Crippen LogP contribution in [0.5, 0.6) is 5.75 Å². The molecule has 4 nitrogen and oxygen atoms in total. The lowest BCUT2D eigenvalue weighted by atomic mass is 10.2. The third-order valence-electron chi connectivity index (χ3n) is 3.58. The van der Waals surface area contributed by atoms with Crippen LogP contribution in [-0.2, 0) is 0 Å². The van der Waals surface area contributed by atoms with Crippen LogP contribution < -0.4 is 10.1 Å². The van der Waals surface area contributed by atoms with Gasteiger partial charge in [-0.2, -0.15) is 0 Å². The highest BCUT2D eigenvalue weighted by Gasteiger charge is 2.15. The Morgan fingerprint density at radius 3 is 2.19 bits per heavy atom. The van der Waals surface area contributed by atoms with Crippen molar-refractivity contribution in [2.24, 2.45) is 0 Å². The minimum absolute atomic E-state index is 0.146. The van der Waals surface area contributed by atoms with E-state index in [1.165, 1.54) is 24.3 Å². The van der Waals surface area contributed by atoms with Gasteiger partial charge in [-0.25, -0.2) is 13.6 Å². The SMILES string of the molecule is O=C(Nc1ccc(OC(=O)c2ccc(F)cc2F)cc1)c1ccc(Cl)cc1. The second-order valence-corrected chi connectivity index (χ2v) is 5.94. The lowest BCUT2D eigenvalue weighted by Crippen LogP contribution is -2.12. The number of anilines is 1. The first-order valence-corrected chi connectivity index (χ1v) is 8.14. The monoisotopic (exact) mass is 387 g/mol. The molecule has 0 radical (unpaired) electrons. The van der Waals surface area contributed by atoms with Gasteiger partial charge in [0.05, 0.1) is 5.56 Å². The summed E-state index contributed by atoms with van der Waals surface area (Å²) in [7, 11) is 0. The van der Waals surface area contributed by atoms with Crippen LogP contribution in [0.1, 0.15) is 20.7 Å². The third kappa shape index (κ3) is 4.68. The summed E-state index contributed by atoms with van der Waals surface area (Å²) in [5.74, 6) is -2.93.